The second-order valence-corrected chi connectivity index (χ2v) is 3.85. The first-order valence-electron chi connectivity index (χ1n) is 3.35. The van der Waals surface area contributed by atoms with E-state index in [1.807, 2.05) is 22.6 Å². The Bertz CT molecular complexity index is 372. The van der Waals surface area contributed by atoms with Crippen molar-refractivity contribution in [2.45, 2.75) is 0 Å². The fraction of sp³-hybridized carbons (Fsp3) is 0.143. The fourth-order valence-electron chi connectivity index (χ4n) is 0.748. The SMILES string of the molecule is O=C(O)c1cc(O)c(C(=O)OCI)s1. The maximum absolute atomic E-state index is 11.1. The van der Waals surface area contributed by atoms with Crippen molar-refractivity contribution in [2.75, 3.05) is 4.61 Å². The molecule has 0 bridgehead atoms. The summed E-state index contributed by atoms with van der Waals surface area (Å²) in [4.78, 5) is 21.4. The van der Waals surface area contributed by atoms with Gasteiger partial charge in [-0.1, -0.05) is 0 Å². The lowest BCUT2D eigenvalue weighted by molar-refractivity contribution is 0.0592. The lowest BCUT2D eigenvalue weighted by atomic mass is 10.4. The van der Waals surface area contributed by atoms with Gasteiger partial charge in [-0.05, 0) is 22.6 Å². The van der Waals surface area contributed by atoms with Crippen molar-refractivity contribution in [1.82, 2.24) is 0 Å². The third kappa shape index (κ3) is 2.35. The molecule has 1 aromatic heterocycles. The Kier molecular flexibility index (Phi) is 3.69. The molecule has 0 fully saturated rings. The molecule has 0 radical (unpaired) electrons. The Labute approximate surface area is 96.5 Å². The summed E-state index contributed by atoms with van der Waals surface area (Å²) < 4.78 is 4.76. The van der Waals surface area contributed by atoms with E-state index in [1.54, 1.807) is 0 Å². The van der Waals surface area contributed by atoms with Crippen LogP contribution in [0, 0.1) is 0 Å². The summed E-state index contributed by atoms with van der Waals surface area (Å²) in [7, 11) is 0. The number of aromatic carboxylic acids is 1. The number of carboxylic acids is 1. The van der Waals surface area contributed by atoms with Crippen LogP contribution in [0.2, 0.25) is 0 Å². The second-order valence-electron chi connectivity index (χ2n) is 2.17. The Morgan fingerprint density at radius 2 is 2.21 bits per heavy atom. The highest BCUT2D eigenvalue weighted by atomic mass is 127. The molecule has 2 N–H and O–H groups in total. The van der Waals surface area contributed by atoms with Gasteiger partial charge < -0.3 is 14.9 Å². The number of ether oxygens (including phenoxy) is 1. The monoisotopic (exact) mass is 328 g/mol. The highest BCUT2D eigenvalue weighted by Gasteiger charge is 2.19. The lowest BCUT2D eigenvalue weighted by Gasteiger charge is -1.96. The van der Waals surface area contributed by atoms with E-state index in [0.29, 0.717) is 11.3 Å². The number of halogens is 1. The van der Waals surface area contributed by atoms with Crippen LogP contribution in [0.3, 0.4) is 0 Å². The summed E-state index contributed by atoms with van der Waals surface area (Å²) in [5.74, 6) is -2.25. The van der Waals surface area contributed by atoms with Gasteiger partial charge >= 0.3 is 11.9 Å². The zero-order chi connectivity index (χ0) is 10.7. The van der Waals surface area contributed by atoms with E-state index in [1.165, 1.54) is 0 Å². The van der Waals surface area contributed by atoms with Gasteiger partial charge in [-0.15, -0.1) is 11.3 Å². The van der Waals surface area contributed by atoms with Crippen LogP contribution in [0.1, 0.15) is 19.3 Å². The topological polar surface area (TPSA) is 83.8 Å². The Balaban J connectivity index is 2.98. The number of carbonyl (C=O) groups excluding carboxylic acids is 1. The Morgan fingerprint density at radius 1 is 1.57 bits per heavy atom. The van der Waals surface area contributed by atoms with Gasteiger partial charge in [0, 0.05) is 6.07 Å². The van der Waals surface area contributed by atoms with Gasteiger partial charge in [0.25, 0.3) is 0 Å². The molecule has 1 heterocycles. The molecule has 0 amide bonds. The predicted octanol–water partition coefficient (Wildman–Crippen LogP) is 1.70. The molecule has 0 aliphatic rings. The van der Waals surface area contributed by atoms with Gasteiger partial charge in [-0.2, -0.15) is 0 Å². The first-order valence-corrected chi connectivity index (χ1v) is 5.69. The number of carbonyl (C=O) groups is 2. The highest BCUT2D eigenvalue weighted by molar-refractivity contribution is 14.1. The number of esters is 1. The first-order chi connectivity index (χ1) is 6.56. The molecule has 76 valence electrons. The number of carboxylic acid groups (broad SMARTS) is 1. The third-order valence-corrected chi connectivity index (χ3v) is 2.70. The van der Waals surface area contributed by atoms with Gasteiger partial charge in [0.15, 0.2) is 4.88 Å². The summed E-state index contributed by atoms with van der Waals surface area (Å²) >= 11 is 2.51. The predicted molar refractivity (Wildman–Crippen MR) is 57.2 cm³/mol. The van der Waals surface area contributed by atoms with E-state index < -0.39 is 11.9 Å². The van der Waals surface area contributed by atoms with Crippen molar-refractivity contribution in [2.24, 2.45) is 0 Å². The van der Waals surface area contributed by atoms with Crippen molar-refractivity contribution in [3.63, 3.8) is 0 Å². The highest BCUT2D eigenvalue weighted by Crippen LogP contribution is 2.28. The van der Waals surface area contributed by atoms with E-state index in [-0.39, 0.29) is 20.1 Å². The maximum Gasteiger partial charge on any atom is 0.352 e. The molecular formula is C7H5IO5S. The Hall–Kier alpha value is -0.830. The molecular weight excluding hydrogens is 323 g/mol. The van der Waals surface area contributed by atoms with Crippen LogP contribution in [-0.2, 0) is 4.74 Å². The molecule has 0 aromatic carbocycles. The van der Waals surface area contributed by atoms with E-state index in [4.69, 9.17) is 5.11 Å². The van der Waals surface area contributed by atoms with Crippen molar-refractivity contribution in [1.29, 1.82) is 0 Å². The van der Waals surface area contributed by atoms with Crippen molar-refractivity contribution in [3.8, 4) is 5.75 Å². The molecule has 1 aromatic rings. The third-order valence-electron chi connectivity index (χ3n) is 1.29. The molecule has 0 spiro atoms. The van der Waals surface area contributed by atoms with Gasteiger partial charge in [-0.3, -0.25) is 0 Å². The van der Waals surface area contributed by atoms with E-state index in [9.17, 15) is 14.7 Å². The van der Waals surface area contributed by atoms with Crippen molar-refractivity contribution < 1.29 is 24.5 Å². The van der Waals surface area contributed by atoms with Gasteiger partial charge in [0.1, 0.15) is 15.2 Å². The van der Waals surface area contributed by atoms with Crippen LogP contribution < -0.4 is 0 Å². The summed E-state index contributed by atoms with van der Waals surface area (Å²) in [5, 5.41) is 17.8. The van der Waals surface area contributed by atoms with Crippen LogP contribution in [0.15, 0.2) is 6.07 Å². The number of alkyl halides is 1. The zero-order valence-electron chi connectivity index (χ0n) is 6.69. The molecule has 7 heteroatoms. The minimum absolute atomic E-state index is 0.0842. The minimum atomic E-state index is -1.18. The maximum atomic E-state index is 11.1. The van der Waals surface area contributed by atoms with Gasteiger partial charge in [0.2, 0.25) is 0 Å². The zero-order valence-corrected chi connectivity index (χ0v) is 9.66. The summed E-state index contributed by atoms with van der Waals surface area (Å²) in [6, 6.07) is 1.02. The average Bonchev–Trinajstić information content (AvgIpc) is 2.48. The van der Waals surface area contributed by atoms with Gasteiger partial charge in [0.05, 0.1) is 0 Å². The molecule has 0 saturated heterocycles. The van der Waals surface area contributed by atoms with Crippen molar-refractivity contribution in [3.05, 3.63) is 15.8 Å². The number of rotatable bonds is 3. The van der Waals surface area contributed by atoms with Crippen LogP contribution in [0.5, 0.6) is 5.75 Å². The molecule has 0 unspecified atom stereocenters. The molecule has 0 aliphatic heterocycles. The van der Waals surface area contributed by atoms with Crippen molar-refractivity contribution >= 4 is 45.9 Å². The lowest BCUT2D eigenvalue weighted by Crippen LogP contribution is -2.00. The number of hydrogen-bond acceptors (Lipinski definition) is 5. The number of thiophene rings is 1. The normalized spacial score (nSPS) is 9.79. The number of aromatic hydroxyl groups is 1. The van der Waals surface area contributed by atoms with Crippen LogP contribution in [0.4, 0.5) is 0 Å². The van der Waals surface area contributed by atoms with E-state index in [0.717, 1.165) is 6.07 Å². The molecule has 0 atom stereocenters. The fourth-order valence-corrected chi connectivity index (χ4v) is 1.81. The molecule has 0 aliphatic carbocycles. The first kappa shape index (κ1) is 11.2. The van der Waals surface area contributed by atoms with Crippen LogP contribution >= 0.6 is 33.9 Å². The van der Waals surface area contributed by atoms with E-state index >= 15 is 0 Å². The van der Waals surface area contributed by atoms with Crippen LogP contribution in [0.25, 0.3) is 0 Å². The summed E-state index contributed by atoms with van der Waals surface area (Å²) in [6.07, 6.45) is 0. The summed E-state index contributed by atoms with van der Waals surface area (Å²) in [6.45, 7) is 0. The van der Waals surface area contributed by atoms with Gasteiger partial charge in [-0.25, -0.2) is 9.59 Å². The van der Waals surface area contributed by atoms with Crippen LogP contribution in [-0.4, -0.2) is 26.8 Å². The molecule has 5 nitrogen and oxygen atoms in total. The standard InChI is InChI=1S/C7H5IO5S/c8-2-13-7(12)5-3(9)1-4(14-5)6(10)11/h1,9H,2H2,(H,10,11). The molecule has 14 heavy (non-hydrogen) atoms. The molecule has 0 saturated carbocycles. The smallest absolute Gasteiger partial charge is 0.352 e. The molecule has 1 rings (SSSR count). The average molecular weight is 328 g/mol. The summed E-state index contributed by atoms with van der Waals surface area (Å²) in [5.41, 5.74) is 0. The minimum Gasteiger partial charge on any atom is -0.506 e. The Morgan fingerprint density at radius 3 is 2.64 bits per heavy atom. The quantitative estimate of drug-likeness (QED) is 0.501. The second kappa shape index (κ2) is 4.60. The van der Waals surface area contributed by atoms with E-state index in [2.05, 4.69) is 4.74 Å². The largest absolute Gasteiger partial charge is 0.506 e. The number of hydrogen-bond donors (Lipinski definition) is 2.